The van der Waals surface area contributed by atoms with E-state index in [0.717, 1.165) is 73.1 Å². The van der Waals surface area contributed by atoms with Gasteiger partial charge in [-0.1, -0.05) is 135 Å². The van der Waals surface area contributed by atoms with Crippen LogP contribution in [0.2, 0.25) is 0 Å². The Morgan fingerprint density at radius 3 is 1.94 bits per heavy atom. The number of nitrogens with zero attached hydrogens (tertiary/aromatic N) is 2. The van der Waals surface area contributed by atoms with Crippen molar-refractivity contribution in [2.75, 3.05) is 0 Å². The van der Waals surface area contributed by atoms with Crippen molar-refractivity contribution >= 4 is 0 Å². The third-order valence-corrected chi connectivity index (χ3v) is 10.6. The van der Waals surface area contributed by atoms with Gasteiger partial charge in [0.2, 0.25) is 0 Å². The molecule has 0 fully saturated rings. The highest BCUT2D eigenvalue weighted by molar-refractivity contribution is 5.92. The Kier molecular flexibility index (Phi) is 7.12. The molecule has 0 saturated carbocycles. The van der Waals surface area contributed by atoms with Crippen LogP contribution in [0.5, 0.6) is 23.0 Å². The summed E-state index contributed by atoms with van der Waals surface area (Å²) in [5, 5.41) is 0. The first-order chi connectivity index (χ1) is 26.0. The minimum atomic E-state index is -0.152. The molecule has 3 heterocycles. The first kappa shape index (κ1) is 31.0. The number of para-hydroxylation sites is 1. The van der Waals surface area contributed by atoms with Gasteiger partial charge in [0, 0.05) is 39.4 Å². The highest BCUT2D eigenvalue weighted by Gasteiger charge is 2.40. The maximum atomic E-state index is 7.04. The largest absolute Gasteiger partial charge is 0.449 e. The Hall–Kier alpha value is -6.78. The maximum Gasteiger partial charge on any atom is 0.178 e. The normalized spacial score (nSPS) is 13.2. The quantitative estimate of drug-likeness (QED) is 0.181. The number of rotatable bonds is 5. The van der Waals surface area contributed by atoms with Gasteiger partial charge < -0.3 is 9.47 Å². The Bertz CT molecular complexity index is 2700. The van der Waals surface area contributed by atoms with Crippen molar-refractivity contribution in [3.05, 3.63) is 181 Å². The van der Waals surface area contributed by atoms with Gasteiger partial charge in [-0.15, -0.1) is 0 Å². The van der Waals surface area contributed by atoms with Gasteiger partial charge in [0.15, 0.2) is 23.0 Å². The molecule has 0 radical (unpaired) electrons. The standard InChI is InChI=1S/C49H34N2O2/c1-49(2)39-22-9-8-20-38(39)46-40(49)25-26-45-48(46)53-47-37(21-13-24-44(47)52-45)35-18-6-7-19-36(35)43-30-34(29-42(51-43)31-14-4-3-5-15-31)32-16-12-17-33(28-32)41-23-10-11-27-50-41/h3-30H,1-2H3. The van der Waals surface area contributed by atoms with E-state index in [1.54, 1.807) is 0 Å². The molecule has 8 aromatic rings. The number of hydrogen-bond donors (Lipinski definition) is 0. The molecule has 1 aliphatic heterocycles. The van der Waals surface area contributed by atoms with Crippen LogP contribution < -0.4 is 9.47 Å². The van der Waals surface area contributed by atoms with Crippen molar-refractivity contribution in [1.29, 1.82) is 0 Å². The lowest BCUT2D eigenvalue weighted by molar-refractivity contribution is 0.361. The van der Waals surface area contributed by atoms with Crippen molar-refractivity contribution in [2.45, 2.75) is 19.3 Å². The molecular formula is C49H34N2O2. The number of benzene rings is 6. The predicted molar refractivity (Wildman–Crippen MR) is 213 cm³/mol. The lowest BCUT2D eigenvalue weighted by Gasteiger charge is -2.27. The van der Waals surface area contributed by atoms with Gasteiger partial charge >= 0.3 is 0 Å². The average molecular weight is 683 g/mol. The van der Waals surface area contributed by atoms with Gasteiger partial charge in [0.1, 0.15) is 0 Å². The van der Waals surface area contributed by atoms with Gasteiger partial charge in [-0.05, 0) is 75.8 Å². The average Bonchev–Trinajstić information content (AvgIpc) is 3.46. The summed E-state index contributed by atoms with van der Waals surface area (Å²) in [7, 11) is 0. The Labute approximate surface area is 309 Å². The molecule has 252 valence electrons. The molecule has 0 bridgehead atoms. The second kappa shape index (κ2) is 12.2. The monoisotopic (exact) mass is 682 g/mol. The number of ether oxygens (including phenoxy) is 2. The van der Waals surface area contributed by atoms with Gasteiger partial charge in [0.25, 0.3) is 0 Å². The SMILES string of the molecule is CC1(C)c2ccccc2-c2c1ccc1c2Oc2c(cccc2-c2ccccc2-c2cc(-c3cccc(-c4ccccn4)c3)cc(-c3ccccc3)n2)O1. The van der Waals surface area contributed by atoms with E-state index < -0.39 is 0 Å². The zero-order valence-electron chi connectivity index (χ0n) is 29.4. The Morgan fingerprint density at radius 2 is 1.09 bits per heavy atom. The first-order valence-corrected chi connectivity index (χ1v) is 18.0. The number of fused-ring (bicyclic) bond motifs is 6. The molecule has 0 amide bonds. The van der Waals surface area contributed by atoms with Crippen LogP contribution in [-0.2, 0) is 5.41 Å². The zero-order valence-corrected chi connectivity index (χ0v) is 29.4. The molecule has 4 nitrogen and oxygen atoms in total. The molecular weight excluding hydrogens is 649 g/mol. The molecule has 53 heavy (non-hydrogen) atoms. The minimum absolute atomic E-state index is 0.152. The van der Waals surface area contributed by atoms with Crippen LogP contribution in [-0.4, -0.2) is 9.97 Å². The number of pyridine rings is 2. The van der Waals surface area contributed by atoms with Crippen LogP contribution >= 0.6 is 0 Å². The Balaban J connectivity index is 1.13. The fourth-order valence-electron chi connectivity index (χ4n) is 7.98. The van der Waals surface area contributed by atoms with Gasteiger partial charge in [-0.3, -0.25) is 4.98 Å². The summed E-state index contributed by atoms with van der Waals surface area (Å²) in [4.78, 5) is 9.93. The fraction of sp³-hybridized carbons (Fsp3) is 0.0612. The second-order valence-corrected chi connectivity index (χ2v) is 14.2. The molecule has 0 unspecified atom stereocenters. The lowest BCUT2D eigenvalue weighted by Crippen LogP contribution is -2.15. The lowest BCUT2D eigenvalue weighted by atomic mass is 9.82. The van der Waals surface area contributed by atoms with E-state index in [1.165, 1.54) is 16.7 Å². The summed E-state index contributed by atoms with van der Waals surface area (Å²) in [5.74, 6) is 2.88. The van der Waals surface area contributed by atoms with Crippen LogP contribution in [0.4, 0.5) is 0 Å². The second-order valence-electron chi connectivity index (χ2n) is 14.2. The molecule has 1 aliphatic carbocycles. The van der Waals surface area contributed by atoms with Crippen LogP contribution in [0.15, 0.2) is 170 Å². The third kappa shape index (κ3) is 5.14. The van der Waals surface area contributed by atoms with Crippen LogP contribution in [0.3, 0.4) is 0 Å². The predicted octanol–water partition coefficient (Wildman–Crippen LogP) is 13.0. The van der Waals surface area contributed by atoms with E-state index in [1.807, 2.05) is 42.6 Å². The highest BCUT2D eigenvalue weighted by atomic mass is 16.6. The highest BCUT2D eigenvalue weighted by Crippen LogP contribution is 2.59. The van der Waals surface area contributed by atoms with Gasteiger partial charge in [-0.25, -0.2) is 4.98 Å². The fourth-order valence-corrected chi connectivity index (χ4v) is 7.98. The van der Waals surface area contributed by atoms with E-state index in [9.17, 15) is 0 Å². The number of hydrogen-bond acceptors (Lipinski definition) is 4. The topological polar surface area (TPSA) is 44.2 Å². The molecule has 0 N–H and O–H groups in total. The van der Waals surface area contributed by atoms with Crippen LogP contribution in [0, 0.1) is 0 Å². The van der Waals surface area contributed by atoms with Crippen molar-refractivity contribution < 1.29 is 9.47 Å². The van der Waals surface area contributed by atoms with Crippen LogP contribution in [0.25, 0.3) is 67.2 Å². The van der Waals surface area contributed by atoms with E-state index >= 15 is 0 Å². The molecule has 2 aliphatic rings. The third-order valence-electron chi connectivity index (χ3n) is 10.6. The van der Waals surface area contributed by atoms with Gasteiger partial charge in [0.05, 0.1) is 17.1 Å². The molecule has 0 saturated heterocycles. The summed E-state index contributed by atoms with van der Waals surface area (Å²) < 4.78 is 13.7. The van der Waals surface area contributed by atoms with E-state index in [4.69, 9.17) is 14.5 Å². The molecule has 0 atom stereocenters. The first-order valence-electron chi connectivity index (χ1n) is 18.0. The molecule has 6 aromatic carbocycles. The molecule has 4 heteroatoms. The van der Waals surface area contributed by atoms with Crippen molar-refractivity contribution in [3.8, 4) is 90.2 Å². The Morgan fingerprint density at radius 1 is 0.415 bits per heavy atom. The maximum absolute atomic E-state index is 7.04. The van der Waals surface area contributed by atoms with Crippen molar-refractivity contribution in [1.82, 2.24) is 9.97 Å². The molecule has 0 spiro atoms. The van der Waals surface area contributed by atoms with E-state index in [-0.39, 0.29) is 5.41 Å². The van der Waals surface area contributed by atoms with Crippen LogP contribution in [0.1, 0.15) is 25.0 Å². The molecule has 10 rings (SSSR count). The summed E-state index contributed by atoms with van der Waals surface area (Å²) in [6.07, 6.45) is 1.83. The molecule has 2 aromatic heterocycles. The van der Waals surface area contributed by atoms with E-state index in [0.29, 0.717) is 11.5 Å². The van der Waals surface area contributed by atoms with Crippen molar-refractivity contribution in [3.63, 3.8) is 0 Å². The smallest absolute Gasteiger partial charge is 0.178 e. The summed E-state index contributed by atoms with van der Waals surface area (Å²) in [6.45, 7) is 4.56. The summed E-state index contributed by atoms with van der Waals surface area (Å²) in [6, 6.07) is 56.8. The summed E-state index contributed by atoms with van der Waals surface area (Å²) in [5.41, 5.74) is 14.6. The van der Waals surface area contributed by atoms with Gasteiger partial charge in [-0.2, -0.15) is 0 Å². The zero-order chi connectivity index (χ0) is 35.5. The summed E-state index contributed by atoms with van der Waals surface area (Å²) >= 11 is 0. The number of aromatic nitrogens is 2. The van der Waals surface area contributed by atoms with E-state index in [2.05, 4.69) is 146 Å². The van der Waals surface area contributed by atoms with Crippen molar-refractivity contribution in [2.24, 2.45) is 0 Å². The minimum Gasteiger partial charge on any atom is -0.449 e.